The summed E-state index contributed by atoms with van der Waals surface area (Å²) in [5.74, 6) is 1.61. The second-order valence-electron chi connectivity index (χ2n) is 19.7. The van der Waals surface area contributed by atoms with Crippen LogP contribution in [-0.2, 0) is 0 Å². The van der Waals surface area contributed by atoms with Crippen LogP contribution in [0.2, 0.25) is 0 Å². The van der Waals surface area contributed by atoms with Crippen LogP contribution >= 0.6 is 23.2 Å². The summed E-state index contributed by atoms with van der Waals surface area (Å²) < 4.78 is 47.4. The van der Waals surface area contributed by atoms with E-state index in [2.05, 4.69) is 110 Å². The summed E-state index contributed by atoms with van der Waals surface area (Å²) in [6.45, 7) is 8.52. The molecule has 6 aliphatic rings. The molecule has 6 heterocycles. The van der Waals surface area contributed by atoms with Crippen LogP contribution in [0, 0.1) is 6.92 Å². The Morgan fingerprint density at radius 1 is 0.448 bits per heavy atom. The van der Waals surface area contributed by atoms with Crippen molar-refractivity contribution in [2.75, 3.05) is 77.5 Å². The van der Waals surface area contributed by atoms with Gasteiger partial charge in [-0.25, -0.2) is 0 Å². The first-order chi connectivity index (χ1) is 32.6. The van der Waals surface area contributed by atoms with Gasteiger partial charge >= 0.3 is 0 Å². The van der Waals surface area contributed by atoms with Gasteiger partial charge in [0.05, 0.1) is 0 Å². The molecule has 2 unspecified atom stereocenters. The predicted octanol–water partition coefficient (Wildman–Crippen LogP) is 12.8. The minimum Gasteiger partial charge on any atom is -0.478 e. The Morgan fingerprint density at radius 2 is 0.821 bits per heavy atom. The van der Waals surface area contributed by atoms with Crippen LogP contribution in [0.3, 0.4) is 0 Å². The van der Waals surface area contributed by atoms with Crippen molar-refractivity contribution in [2.45, 2.75) is 31.2 Å². The number of hydrogen-bond donors (Lipinski definition) is 0. The molecule has 0 spiro atoms. The molecule has 0 amide bonds. The molecular weight excluding hydrogens is 882 g/mol. The zero-order valence-electron chi connectivity index (χ0n) is 38.0. The minimum atomic E-state index is -0.450. The van der Waals surface area contributed by atoms with Crippen LogP contribution in [0.1, 0.15) is 28.9 Å². The highest BCUT2D eigenvalue weighted by atomic mass is 35.5. The Kier molecular flexibility index (Phi) is 11.6. The van der Waals surface area contributed by atoms with E-state index in [0.717, 1.165) is 101 Å². The van der Waals surface area contributed by atoms with Crippen molar-refractivity contribution in [1.82, 2.24) is 0 Å². The van der Waals surface area contributed by atoms with Crippen molar-refractivity contribution >= 4 is 66.3 Å². The average Bonchev–Trinajstić information content (AvgIpc) is 3.38. The van der Waals surface area contributed by atoms with Crippen molar-refractivity contribution < 1.29 is 36.8 Å². The molecule has 6 nitrogen and oxygen atoms in total. The highest BCUT2D eigenvalue weighted by Gasteiger charge is 2.62. The number of benzene rings is 8. The van der Waals surface area contributed by atoms with E-state index in [1.807, 2.05) is 60.7 Å². The lowest BCUT2D eigenvalue weighted by molar-refractivity contribution is -1.16. The number of ether oxygens (including phenoxy) is 2. The Bertz CT molecular complexity index is 3080. The lowest BCUT2D eigenvalue weighted by Crippen LogP contribution is -2.77. The van der Waals surface area contributed by atoms with Crippen molar-refractivity contribution in [2.24, 2.45) is 0 Å². The molecule has 6 saturated heterocycles. The first kappa shape index (κ1) is 44.2. The van der Waals surface area contributed by atoms with Crippen LogP contribution in [0.5, 0.6) is 11.5 Å². The molecule has 4 atom stereocenters. The van der Waals surface area contributed by atoms with Crippen molar-refractivity contribution in [1.29, 1.82) is 0 Å². The van der Waals surface area contributed by atoms with Crippen molar-refractivity contribution in [3.63, 3.8) is 0 Å². The van der Waals surface area contributed by atoms with Gasteiger partial charge in [0, 0.05) is 21.9 Å². The van der Waals surface area contributed by atoms with E-state index < -0.39 is 21.6 Å². The van der Waals surface area contributed by atoms with Crippen LogP contribution < -0.4 is 9.47 Å². The van der Waals surface area contributed by atoms with E-state index in [0.29, 0.717) is 51.3 Å². The monoisotopic (exact) mass is 938 g/mol. The first-order valence-electron chi connectivity index (χ1n) is 23.8. The molecule has 6 aliphatic heterocycles. The zero-order valence-corrected chi connectivity index (χ0v) is 39.5. The van der Waals surface area contributed by atoms with E-state index in [4.69, 9.17) is 32.7 Å². The lowest BCUT2D eigenvalue weighted by Gasteiger charge is -2.54. The number of rotatable bonds is 10. The van der Waals surface area contributed by atoms with Gasteiger partial charge in [-0.1, -0.05) is 174 Å². The molecule has 6 fully saturated rings. The summed E-state index contributed by atoms with van der Waals surface area (Å²) in [5, 5.41) is 8.88. The van der Waals surface area contributed by atoms with E-state index in [1.54, 1.807) is 0 Å². The fourth-order valence-corrected chi connectivity index (χ4v) is 12.5. The summed E-state index contributed by atoms with van der Waals surface area (Å²) in [6, 6.07) is 56.5. The third-order valence-corrected chi connectivity index (χ3v) is 16.9. The third kappa shape index (κ3) is 8.09. The first-order valence-corrected chi connectivity index (χ1v) is 24.9. The summed E-state index contributed by atoms with van der Waals surface area (Å²) in [6.07, 6.45) is -0.850. The quantitative estimate of drug-likeness (QED) is 0.0589. The molecule has 0 radical (unpaired) electrons. The Hall–Kier alpha value is -5.32. The van der Waals surface area contributed by atoms with Gasteiger partial charge in [-0.15, -0.1) is 9.41 Å². The van der Waals surface area contributed by atoms with E-state index in [-0.39, 0.29) is 12.1 Å². The topological polar surface area (TPSA) is 18.5 Å². The maximum absolute atomic E-state index is 16.5. The average molecular weight is 940 g/mol. The normalized spacial score (nSPS) is 27.4. The third-order valence-electron chi connectivity index (χ3n) is 15.8. The second kappa shape index (κ2) is 17.6. The van der Waals surface area contributed by atoms with Gasteiger partial charge in [0.2, 0.25) is 12.1 Å². The maximum Gasteiger partial charge on any atom is 0.215 e. The fraction of sp³-hybridized carbons (Fsp3) is 0.298. The molecule has 14 rings (SSSR count). The fourth-order valence-electron chi connectivity index (χ4n) is 11.8. The zero-order chi connectivity index (χ0) is 45.8. The number of halogens is 4. The largest absolute Gasteiger partial charge is 0.478 e. The smallest absolute Gasteiger partial charge is 0.215 e. The van der Waals surface area contributed by atoms with Gasteiger partial charge < -0.3 is 9.47 Å². The number of nitrogens with zero attached hydrogens (tertiary/aromatic N) is 4. The molecule has 4 bridgehead atoms. The molecule has 342 valence electrons. The Labute approximate surface area is 401 Å². The summed E-state index contributed by atoms with van der Waals surface area (Å²) in [5.41, 5.74) is 3.27. The highest BCUT2D eigenvalue weighted by molar-refractivity contribution is 6.17. The molecule has 10 heteroatoms. The van der Waals surface area contributed by atoms with E-state index in [9.17, 15) is 0 Å². The number of aryl methyl sites for hydroxylation is 1. The molecule has 0 N–H and O–H groups in total. The van der Waals surface area contributed by atoms with Crippen molar-refractivity contribution in [3.8, 4) is 11.5 Å². The SMILES string of the molecule is Cc1ccc2cccc(O[C@H](c3cccc4ccccc34)C3C[N+]4(CCl)CC[N+]3(F)CC4)c2c1.F[N+]12CC[N+](CCl)(CC1)CC2[C@H](Oc1cccc2ccccc12)c1cccc2ccccc12. The summed E-state index contributed by atoms with van der Waals surface area (Å²) in [4.78, 5) is 0. The number of fused-ring (bicyclic) bond motifs is 10. The predicted molar refractivity (Wildman–Crippen MR) is 268 cm³/mol. The lowest BCUT2D eigenvalue weighted by atomic mass is 9.91. The number of hydrogen-bond acceptors (Lipinski definition) is 2. The maximum atomic E-state index is 16.5. The van der Waals surface area contributed by atoms with Gasteiger partial charge in [0.25, 0.3) is 0 Å². The summed E-state index contributed by atoms with van der Waals surface area (Å²) >= 11 is 12.9. The van der Waals surface area contributed by atoms with Crippen LogP contribution in [0.25, 0.3) is 43.1 Å². The summed E-state index contributed by atoms with van der Waals surface area (Å²) in [7, 11) is 0. The van der Waals surface area contributed by atoms with Gasteiger partial charge in [-0.3, -0.25) is 8.97 Å². The van der Waals surface area contributed by atoms with Crippen LogP contribution in [0.4, 0.5) is 8.96 Å². The molecule has 8 aromatic carbocycles. The number of alkyl halides is 2. The molecule has 67 heavy (non-hydrogen) atoms. The standard InChI is InChI=1S/C29H30ClFN2O.C28H28ClFN2O/c1-21-12-13-23-8-5-11-28(26(23)18-21)34-29(25-10-4-7-22-6-2-3-9-24(22)25)27-19-32(20-30)14-16-33(27,31)17-15-32;29-20-31-15-17-32(30,18-16-31)26(19-31)28(25-13-5-9-21-7-1-3-11-23(21)25)33-27-14-6-10-22-8-2-4-12-24(22)27/h2-13,18,27,29H,14-17,19-20H2,1H3;1-14,26,28H,15-20H2/q2*+2/t27?,29-,32?,33?;26?,28-,31?,32?/m11/s1. The highest BCUT2D eigenvalue weighted by Crippen LogP contribution is 2.45. The number of piperazine rings is 6. The molecule has 0 aromatic heterocycles. The van der Waals surface area contributed by atoms with Gasteiger partial charge in [0.15, 0.2) is 50.4 Å². The van der Waals surface area contributed by atoms with Crippen molar-refractivity contribution in [3.05, 3.63) is 180 Å². The Morgan fingerprint density at radius 3 is 1.28 bits per heavy atom. The van der Waals surface area contributed by atoms with Crippen LogP contribution in [-0.4, -0.2) is 108 Å². The van der Waals surface area contributed by atoms with Crippen LogP contribution in [0.15, 0.2) is 164 Å². The molecule has 8 aromatic rings. The van der Waals surface area contributed by atoms with Gasteiger partial charge in [0.1, 0.15) is 50.8 Å². The molecule has 0 aliphatic carbocycles. The van der Waals surface area contributed by atoms with Gasteiger partial charge in [-0.2, -0.15) is 0 Å². The van der Waals surface area contributed by atoms with E-state index in [1.165, 1.54) is 5.56 Å². The van der Waals surface area contributed by atoms with Gasteiger partial charge in [-0.05, 0) is 66.4 Å². The minimum absolute atomic E-state index is 0.323. The molecular formula is C57H58Cl2F2N4O2+4. The molecule has 0 saturated carbocycles. The Balaban J connectivity index is 0.000000148. The number of quaternary nitrogens is 4. The second-order valence-corrected chi connectivity index (χ2v) is 20.2. The van der Waals surface area contributed by atoms with E-state index >= 15 is 8.96 Å².